The summed E-state index contributed by atoms with van der Waals surface area (Å²) in [4.78, 5) is 18.3. The molecule has 1 aromatic heterocycles. The van der Waals surface area contributed by atoms with E-state index < -0.39 is 5.54 Å². The van der Waals surface area contributed by atoms with Gasteiger partial charge in [-0.25, -0.2) is 0 Å². The number of hydrogen-bond acceptors (Lipinski definition) is 3. The Morgan fingerprint density at radius 3 is 2.78 bits per heavy atom. The third kappa shape index (κ3) is 2.88. The van der Waals surface area contributed by atoms with Gasteiger partial charge in [0, 0.05) is 31.9 Å². The molecular formula is C14H21N3O. The van der Waals surface area contributed by atoms with Gasteiger partial charge in [0.05, 0.1) is 5.54 Å². The van der Waals surface area contributed by atoms with Crippen molar-refractivity contribution in [3.63, 3.8) is 0 Å². The Hall–Kier alpha value is -1.42. The third-order valence-electron chi connectivity index (χ3n) is 3.70. The SMILES string of the molecule is CN(CCc1ccccn1)C(=O)C1(N)CCCC1. The smallest absolute Gasteiger partial charge is 0.242 e. The van der Waals surface area contributed by atoms with Crippen LogP contribution in [0.15, 0.2) is 24.4 Å². The van der Waals surface area contributed by atoms with Crippen molar-refractivity contribution in [3.05, 3.63) is 30.1 Å². The van der Waals surface area contributed by atoms with Crippen LogP contribution in [0.2, 0.25) is 0 Å². The normalized spacial score (nSPS) is 17.7. The number of hydrogen-bond donors (Lipinski definition) is 1. The molecule has 4 heteroatoms. The van der Waals surface area contributed by atoms with Crippen LogP contribution < -0.4 is 5.73 Å². The van der Waals surface area contributed by atoms with Crippen molar-refractivity contribution in [1.29, 1.82) is 0 Å². The molecule has 0 aromatic carbocycles. The molecule has 1 heterocycles. The lowest BCUT2D eigenvalue weighted by atomic mass is 9.97. The van der Waals surface area contributed by atoms with Crippen LogP contribution in [-0.4, -0.2) is 34.9 Å². The molecule has 18 heavy (non-hydrogen) atoms. The van der Waals surface area contributed by atoms with Gasteiger partial charge in [0.25, 0.3) is 0 Å². The van der Waals surface area contributed by atoms with Crippen molar-refractivity contribution >= 4 is 5.91 Å². The maximum Gasteiger partial charge on any atom is 0.242 e. The molecule has 2 N–H and O–H groups in total. The molecule has 1 fully saturated rings. The first-order valence-corrected chi connectivity index (χ1v) is 6.56. The quantitative estimate of drug-likeness (QED) is 0.873. The number of nitrogens with zero attached hydrogens (tertiary/aromatic N) is 2. The molecule has 0 saturated heterocycles. The molecule has 1 amide bonds. The van der Waals surface area contributed by atoms with Crippen LogP contribution in [0, 0.1) is 0 Å². The zero-order chi connectivity index (χ0) is 13.0. The van der Waals surface area contributed by atoms with Crippen molar-refractivity contribution in [2.24, 2.45) is 5.73 Å². The number of likely N-dealkylation sites (N-methyl/N-ethyl adjacent to an activating group) is 1. The molecule has 1 aliphatic rings. The summed E-state index contributed by atoms with van der Waals surface area (Å²) in [5.74, 6) is 0.0796. The summed E-state index contributed by atoms with van der Waals surface area (Å²) >= 11 is 0. The molecule has 1 saturated carbocycles. The second kappa shape index (κ2) is 5.48. The highest BCUT2D eigenvalue weighted by Crippen LogP contribution is 2.28. The van der Waals surface area contributed by atoms with Gasteiger partial charge in [-0.2, -0.15) is 0 Å². The number of carbonyl (C=O) groups excluding carboxylic acids is 1. The van der Waals surface area contributed by atoms with Crippen molar-refractivity contribution in [3.8, 4) is 0 Å². The highest BCUT2D eigenvalue weighted by atomic mass is 16.2. The van der Waals surface area contributed by atoms with Crippen LogP contribution in [0.5, 0.6) is 0 Å². The van der Waals surface area contributed by atoms with E-state index in [1.807, 2.05) is 25.2 Å². The molecule has 0 radical (unpaired) electrons. The summed E-state index contributed by atoms with van der Waals surface area (Å²) in [6.07, 6.45) is 6.32. The molecule has 1 aromatic rings. The topological polar surface area (TPSA) is 59.2 Å². The summed E-state index contributed by atoms with van der Waals surface area (Å²) < 4.78 is 0. The van der Waals surface area contributed by atoms with E-state index in [9.17, 15) is 4.79 Å². The van der Waals surface area contributed by atoms with E-state index in [0.29, 0.717) is 6.54 Å². The van der Waals surface area contributed by atoms with Crippen LogP contribution in [0.25, 0.3) is 0 Å². The van der Waals surface area contributed by atoms with Gasteiger partial charge >= 0.3 is 0 Å². The second-order valence-electron chi connectivity index (χ2n) is 5.16. The maximum atomic E-state index is 12.3. The summed E-state index contributed by atoms with van der Waals surface area (Å²) in [6, 6.07) is 5.84. The molecule has 1 aliphatic carbocycles. The molecule has 98 valence electrons. The van der Waals surface area contributed by atoms with E-state index in [1.165, 1.54) is 0 Å². The Labute approximate surface area is 108 Å². The number of nitrogens with two attached hydrogens (primary N) is 1. The Balaban J connectivity index is 1.88. The molecule has 0 atom stereocenters. The van der Waals surface area contributed by atoms with E-state index in [-0.39, 0.29) is 5.91 Å². The van der Waals surface area contributed by atoms with Gasteiger partial charge in [0.2, 0.25) is 5.91 Å². The van der Waals surface area contributed by atoms with E-state index in [4.69, 9.17) is 5.73 Å². The minimum atomic E-state index is -0.612. The van der Waals surface area contributed by atoms with Crippen molar-refractivity contribution in [2.45, 2.75) is 37.6 Å². The Morgan fingerprint density at radius 2 is 2.17 bits per heavy atom. The zero-order valence-electron chi connectivity index (χ0n) is 10.9. The fraction of sp³-hybridized carbons (Fsp3) is 0.571. The lowest BCUT2D eigenvalue weighted by molar-refractivity contribution is -0.135. The van der Waals surface area contributed by atoms with Crippen LogP contribution in [0.1, 0.15) is 31.4 Å². The van der Waals surface area contributed by atoms with Crippen LogP contribution >= 0.6 is 0 Å². The van der Waals surface area contributed by atoms with Crippen LogP contribution in [-0.2, 0) is 11.2 Å². The van der Waals surface area contributed by atoms with Gasteiger partial charge in [-0.15, -0.1) is 0 Å². The maximum absolute atomic E-state index is 12.3. The Bertz CT molecular complexity index is 399. The van der Waals surface area contributed by atoms with Crippen molar-refractivity contribution < 1.29 is 4.79 Å². The summed E-state index contributed by atoms with van der Waals surface area (Å²) in [6.45, 7) is 0.675. The molecule has 0 spiro atoms. The summed E-state index contributed by atoms with van der Waals surface area (Å²) in [5, 5.41) is 0. The monoisotopic (exact) mass is 247 g/mol. The highest BCUT2D eigenvalue weighted by Gasteiger charge is 2.38. The molecular weight excluding hydrogens is 226 g/mol. The summed E-state index contributed by atoms with van der Waals surface area (Å²) in [7, 11) is 1.83. The predicted octanol–water partition coefficient (Wildman–Crippen LogP) is 1.35. The lowest BCUT2D eigenvalue weighted by Crippen LogP contribution is -2.52. The summed E-state index contributed by atoms with van der Waals surface area (Å²) in [5.41, 5.74) is 6.56. The van der Waals surface area contributed by atoms with Crippen LogP contribution in [0.3, 0.4) is 0 Å². The van der Waals surface area contributed by atoms with E-state index in [2.05, 4.69) is 4.98 Å². The first-order chi connectivity index (χ1) is 8.62. The van der Waals surface area contributed by atoms with Gasteiger partial charge in [-0.3, -0.25) is 9.78 Å². The largest absolute Gasteiger partial charge is 0.344 e. The second-order valence-corrected chi connectivity index (χ2v) is 5.16. The third-order valence-corrected chi connectivity index (χ3v) is 3.70. The predicted molar refractivity (Wildman–Crippen MR) is 71.0 cm³/mol. The van der Waals surface area contributed by atoms with Gasteiger partial charge in [0.15, 0.2) is 0 Å². The van der Waals surface area contributed by atoms with Gasteiger partial charge in [-0.1, -0.05) is 18.9 Å². The average molecular weight is 247 g/mol. The number of carbonyl (C=O) groups is 1. The average Bonchev–Trinajstić information content (AvgIpc) is 2.84. The Kier molecular flexibility index (Phi) is 3.97. The number of pyridine rings is 1. The molecule has 4 nitrogen and oxygen atoms in total. The molecule has 2 rings (SSSR count). The number of aromatic nitrogens is 1. The van der Waals surface area contributed by atoms with Crippen LogP contribution in [0.4, 0.5) is 0 Å². The van der Waals surface area contributed by atoms with Crippen molar-refractivity contribution in [1.82, 2.24) is 9.88 Å². The zero-order valence-corrected chi connectivity index (χ0v) is 10.9. The molecule has 0 aliphatic heterocycles. The fourth-order valence-corrected chi connectivity index (χ4v) is 2.53. The minimum Gasteiger partial charge on any atom is -0.344 e. The lowest BCUT2D eigenvalue weighted by Gasteiger charge is -2.28. The first-order valence-electron chi connectivity index (χ1n) is 6.56. The standard InChI is InChI=1S/C14H21N3O/c1-17(11-7-12-6-2-5-10-16-12)13(18)14(15)8-3-4-9-14/h2,5-6,10H,3-4,7-9,11,15H2,1H3. The highest BCUT2D eigenvalue weighted by molar-refractivity contribution is 5.86. The van der Waals surface area contributed by atoms with E-state index >= 15 is 0 Å². The fourth-order valence-electron chi connectivity index (χ4n) is 2.53. The molecule has 0 bridgehead atoms. The van der Waals surface area contributed by atoms with E-state index in [0.717, 1.165) is 37.8 Å². The van der Waals surface area contributed by atoms with Gasteiger partial charge < -0.3 is 10.6 Å². The minimum absolute atomic E-state index is 0.0796. The van der Waals surface area contributed by atoms with E-state index in [1.54, 1.807) is 11.1 Å². The van der Waals surface area contributed by atoms with Gasteiger partial charge in [-0.05, 0) is 25.0 Å². The number of rotatable bonds is 4. The number of amides is 1. The first kappa shape index (κ1) is 13.0. The molecule has 0 unspecified atom stereocenters. The van der Waals surface area contributed by atoms with Gasteiger partial charge in [0.1, 0.15) is 0 Å². The van der Waals surface area contributed by atoms with Crippen molar-refractivity contribution in [2.75, 3.05) is 13.6 Å². The Morgan fingerprint density at radius 1 is 1.44 bits per heavy atom.